The topological polar surface area (TPSA) is 38.5 Å². The first kappa shape index (κ1) is 15.2. The van der Waals surface area contributed by atoms with Gasteiger partial charge in [-0.05, 0) is 24.9 Å². The molecule has 0 aromatic heterocycles. The van der Waals surface area contributed by atoms with Gasteiger partial charge in [0.1, 0.15) is 5.75 Å². The molecule has 1 aliphatic heterocycles. The van der Waals surface area contributed by atoms with E-state index in [1.807, 2.05) is 12.1 Å². The second kappa shape index (κ2) is 6.99. The first-order valence-corrected chi connectivity index (χ1v) is 7.10. The van der Waals surface area contributed by atoms with Crippen LogP contribution in [0.3, 0.4) is 0 Å². The van der Waals surface area contributed by atoms with Gasteiger partial charge >= 0.3 is 6.61 Å². The molecule has 2 atom stereocenters. The summed E-state index contributed by atoms with van der Waals surface area (Å²) >= 11 is 0. The van der Waals surface area contributed by atoms with Crippen LogP contribution in [0.1, 0.15) is 25.3 Å². The summed E-state index contributed by atoms with van der Waals surface area (Å²) in [6.07, 6.45) is 2.00. The molecule has 0 spiro atoms. The lowest BCUT2D eigenvalue weighted by Gasteiger charge is -2.36. The van der Waals surface area contributed by atoms with Crippen LogP contribution in [0.5, 0.6) is 5.75 Å². The molecule has 1 aliphatic rings. The number of piperidine rings is 1. The lowest BCUT2D eigenvalue weighted by atomic mass is 9.90. The second-order valence-electron chi connectivity index (χ2n) is 5.34. The molecule has 0 bridgehead atoms. The summed E-state index contributed by atoms with van der Waals surface area (Å²) in [4.78, 5) is 2.27. The summed E-state index contributed by atoms with van der Waals surface area (Å²) < 4.78 is 29.4. The predicted molar refractivity (Wildman–Crippen MR) is 74.7 cm³/mol. The number of alkyl halides is 2. The zero-order chi connectivity index (χ0) is 14.5. The van der Waals surface area contributed by atoms with Crippen molar-refractivity contribution in [3.05, 3.63) is 29.8 Å². The second-order valence-corrected chi connectivity index (χ2v) is 5.34. The highest BCUT2D eigenvalue weighted by Gasteiger charge is 2.25. The Morgan fingerprint density at radius 2 is 2.15 bits per heavy atom. The van der Waals surface area contributed by atoms with Gasteiger partial charge in [0.15, 0.2) is 0 Å². The fraction of sp³-hybridized carbons (Fsp3) is 0.600. The maximum Gasteiger partial charge on any atom is 0.387 e. The zero-order valence-corrected chi connectivity index (χ0v) is 11.8. The van der Waals surface area contributed by atoms with Gasteiger partial charge < -0.3 is 10.5 Å². The van der Waals surface area contributed by atoms with Crippen LogP contribution < -0.4 is 10.5 Å². The Kier molecular flexibility index (Phi) is 5.31. The zero-order valence-electron chi connectivity index (χ0n) is 11.8. The van der Waals surface area contributed by atoms with Crippen molar-refractivity contribution in [3.63, 3.8) is 0 Å². The van der Waals surface area contributed by atoms with Crippen LogP contribution in [0.4, 0.5) is 8.78 Å². The quantitative estimate of drug-likeness (QED) is 0.903. The monoisotopic (exact) mass is 284 g/mol. The molecule has 3 nitrogen and oxygen atoms in total. The van der Waals surface area contributed by atoms with Gasteiger partial charge in [-0.3, -0.25) is 4.90 Å². The summed E-state index contributed by atoms with van der Waals surface area (Å²) in [6, 6.07) is 7.24. The number of para-hydroxylation sites is 1. The van der Waals surface area contributed by atoms with Crippen LogP contribution in [0.2, 0.25) is 0 Å². The maximum absolute atomic E-state index is 12.4. The largest absolute Gasteiger partial charge is 0.434 e. The Hall–Kier alpha value is -1.20. The molecule has 1 fully saturated rings. The highest BCUT2D eigenvalue weighted by molar-refractivity contribution is 5.33. The number of nitrogens with two attached hydrogens (primary N) is 1. The minimum absolute atomic E-state index is 0.254. The van der Waals surface area contributed by atoms with Gasteiger partial charge in [0.05, 0.1) is 0 Å². The number of likely N-dealkylation sites (tertiary alicyclic amines) is 1. The van der Waals surface area contributed by atoms with E-state index in [1.54, 1.807) is 12.1 Å². The molecule has 112 valence electrons. The van der Waals surface area contributed by atoms with Gasteiger partial charge in [-0.15, -0.1) is 0 Å². The van der Waals surface area contributed by atoms with E-state index in [0.717, 1.165) is 31.5 Å². The van der Waals surface area contributed by atoms with Crippen molar-refractivity contribution in [2.24, 2.45) is 11.7 Å². The van der Waals surface area contributed by atoms with Crippen molar-refractivity contribution in [2.75, 3.05) is 13.1 Å². The fourth-order valence-corrected chi connectivity index (χ4v) is 2.79. The minimum atomic E-state index is -2.78. The summed E-state index contributed by atoms with van der Waals surface area (Å²) in [5.41, 5.74) is 6.89. The number of halogens is 2. The fourth-order valence-electron chi connectivity index (χ4n) is 2.79. The number of hydrogen-bond donors (Lipinski definition) is 1. The van der Waals surface area contributed by atoms with Gasteiger partial charge in [0, 0.05) is 24.7 Å². The van der Waals surface area contributed by atoms with Crippen LogP contribution in [0.15, 0.2) is 24.3 Å². The number of rotatable bonds is 5. The Balaban J connectivity index is 2.03. The van der Waals surface area contributed by atoms with E-state index >= 15 is 0 Å². The van der Waals surface area contributed by atoms with Gasteiger partial charge in [0.25, 0.3) is 0 Å². The minimum Gasteiger partial charge on any atom is -0.434 e. The summed E-state index contributed by atoms with van der Waals surface area (Å²) in [7, 11) is 0. The van der Waals surface area contributed by atoms with Gasteiger partial charge in [-0.2, -0.15) is 8.78 Å². The smallest absolute Gasteiger partial charge is 0.387 e. The van der Waals surface area contributed by atoms with Gasteiger partial charge in [0.2, 0.25) is 0 Å². The SMILES string of the molecule is CCC1CN(Cc2ccccc2OC(F)F)CCC1N. The molecule has 0 aliphatic carbocycles. The van der Waals surface area contributed by atoms with Crippen LogP contribution in [0.25, 0.3) is 0 Å². The van der Waals surface area contributed by atoms with E-state index in [9.17, 15) is 8.78 Å². The predicted octanol–water partition coefficient (Wildman–Crippen LogP) is 2.85. The third-order valence-electron chi connectivity index (χ3n) is 3.98. The molecule has 2 unspecified atom stereocenters. The van der Waals surface area contributed by atoms with E-state index in [4.69, 9.17) is 5.73 Å². The Bertz CT molecular complexity index is 428. The van der Waals surface area contributed by atoms with E-state index < -0.39 is 6.61 Å². The third kappa shape index (κ3) is 3.90. The van der Waals surface area contributed by atoms with Crippen molar-refractivity contribution >= 4 is 0 Å². The average Bonchev–Trinajstić information content (AvgIpc) is 2.42. The molecule has 20 heavy (non-hydrogen) atoms. The van der Waals surface area contributed by atoms with Crippen molar-refractivity contribution in [1.82, 2.24) is 4.90 Å². The first-order chi connectivity index (χ1) is 9.60. The van der Waals surface area contributed by atoms with Gasteiger partial charge in [-0.25, -0.2) is 0 Å². The van der Waals surface area contributed by atoms with Gasteiger partial charge in [-0.1, -0.05) is 31.5 Å². The molecule has 1 saturated heterocycles. The van der Waals surface area contributed by atoms with Crippen molar-refractivity contribution < 1.29 is 13.5 Å². The number of ether oxygens (including phenoxy) is 1. The molecule has 2 rings (SSSR count). The van der Waals surface area contributed by atoms with Crippen LogP contribution in [-0.4, -0.2) is 30.6 Å². The summed E-state index contributed by atoms with van der Waals surface area (Å²) in [6.45, 7) is 1.81. The Morgan fingerprint density at radius 1 is 1.40 bits per heavy atom. The van der Waals surface area contributed by atoms with Crippen molar-refractivity contribution in [2.45, 2.75) is 39.0 Å². The Morgan fingerprint density at radius 3 is 2.85 bits per heavy atom. The molecule has 2 N–H and O–H groups in total. The molecule has 1 heterocycles. The molecule has 0 saturated carbocycles. The van der Waals surface area contributed by atoms with E-state index in [0.29, 0.717) is 12.5 Å². The van der Waals surface area contributed by atoms with E-state index in [2.05, 4.69) is 16.6 Å². The standard InChI is InChI=1S/C15H22F2N2O/c1-2-11-9-19(8-7-13(11)18)10-12-5-3-4-6-14(12)20-15(16)17/h3-6,11,13,15H,2,7-10,18H2,1H3. The normalized spacial score (nSPS) is 24.1. The molecule has 0 amide bonds. The van der Waals surface area contributed by atoms with Crippen LogP contribution in [0, 0.1) is 5.92 Å². The lowest BCUT2D eigenvalue weighted by molar-refractivity contribution is -0.0508. The first-order valence-electron chi connectivity index (χ1n) is 7.10. The third-order valence-corrected chi connectivity index (χ3v) is 3.98. The molecular weight excluding hydrogens is 262 g/mol. The molecule has 0 radical (unpaired) electrons. The highest BCUT2D eigenvalue weighted by atomic mass is 19.3. The summed E-state index contributed by atoms with van der Waals surface area (Å²) in [5.74, 6) is 0.748. The summed E-state index contributed by atoms with van der Waals surface area (Å²) in [5, 5.41) is 0. The molecule has 1 aromatic carbocycles. The van der Waals surface area contributed by atoms with Crippen molar-refractivity contribution in [1.29, 1.82) is 0 Å². The Labute approximate surface area is 118 Å². The number of benzene rings is 1. The molecule has 1 aromatic rings. The molecular formula is C15H22F2N2O. The maximum atomic E-state index is 12.4. The lowest BCUT2D eigenvalue weighted by Crippen LogP contribution is -2.46. The van der Waals surface area contributed by atoms with Crippen molar-refractivity contribution in [3.8, 4) is 5.75 Å². The highest BCUT2D eigenvalue weighted by Crippen LogP contribution is 2.25. The molecule has 5 heteroatoms. The van der Waals surface area contributed by atoms with Crippen LogP contribution in [-0.2, 0) is 6.54 Å². The van der Waals surface area contributed by atoms with Crippen LogP contribution >= 0.6 is 0 Å². The average molecular weight is 284 g/mol. The van der Waals surface area contributed by atoms with E-state index in [-0.39, 0.29) is 11.8 Å². The number of hydrogen-bond acceptors (Lipinski definition) is 3. The number of nitrogens with zero attached hydrogens (tertiary/aromatic N) is 1. The van der Waals surface area contributed by atoms with E-state index in [1.165, 1.54) is 0 Å².